The van der Waals surface area contributed by atoms with Gasteiger partial charge in [0.05, 0.1) is 6.61 Å². The third kappa shape index (κ3) is 6.00. The van der Waals surface area contributed by atoms with Gasteiger partial charge in [0.1, 0.15) is 5.75 Å². The highest BCUT2D eigenvalue weighted by Gasteiger charge is 2.07. The first-order valence-corrected chi connectivity index (χ1v) is 7.50. The molecule has 1 unspecified atom stereocenters. The van der Waals surface area contributed by atoms with Crippen LogP contribution in [0.25, 0.3) is 0 Å². The topological polar surface area (TPSA) is 59.6 Å². The highest BCUT2D eigenvalue weighted by molar-refractivity contribution is 5.77. The van der Waals surface area contributed by atoms with E-state index in [0.29, 0.717) is 12.4 Å². The predicted molar refractivity (Wildman–Crippen MR) is 91.1 cm³/mol. The molecule has 5 nitrogen and oxygen atoms in total. The summed E-state index contributed by atoms with van der Waals surface area (Å²) in [5.41, 5.74) is 1.98. The van der Waals surface area contributed by atoms with E-state index >= 15 is 0 Å². The number of hydrogen-bond donors (Lipinski definition) is 2. The summed E-state index contributed by atoms with van der Waals surface area (Å²) in [4.78, 5) is 11.7. The van der Waals surface area contributed by atoms with Crippen molar-refractivity contribution in [2.24, 2.45) is 0 Å². The lowest BCUT2D eigenvalue weighted by molar-refractivity contribution is -0.124. The quantitative estimate of drug-likeness (QED) is 0.786. The van der Waals surface area contributed by atoms with Gasteiger partial charge in [0.15, 0.2) is 6.61 Å². The van der Waals surface area contributed by atoms with Crippen LogP contribution in [0.5, 0.6) is 5.75 Å². The molecule has 2 aromatic rings. The maximum Gasteiger partial charge on any atom is 0.258 e. The molecule has 5 heteroatoms. The fourth-order valence-electron chi connectivity index (χ4n) is 2.08. The monoisotopic (exact) mass is 314 g/mol. The second kappa shape index (κ2) is 8.80. The van der Waals surface area contributed by atoms with Gasteiger partial charge in [0.2, 0.25) is 0 Å². The molecule has 2 aromatic carbocycles. The minimum atomic E-state index is -0.166. The summed E-state index contributed by atoms with van der Waals surface area (Å²) < 4.78 is 10.4. The zero-order valence-corrected chi connectivity index (χ0v) is 13.4. The number of anilines is 2. The summed E-state index contributed by atoms with van der Waals surface area (Å²) in [5.74, 6) is 0.485. The Kier molecular flexibility index (Phi) is 6.44. The summed E-state index contributed by atoms with van der Waals surface area (Å²) in [6.07, 6.45) is 0. The molecule has 1 amide bonds. The van der Waals surface area contributed by atoms with Crippen molar-refractivity contribution in [2.75, 3.05) is 25.6 Å². The van der Waals surface area contributed by atoms with Gasteiger partial charge in [-0.05, 0) is 43.3 Å². The first-order valence-electron chi connectivity index (χ1n) is 7.50. The number of para-hydroxylation sites is 1. The van der Waals surface area contributed by atoms with Gasteiger partial charge in [-0.25, -0.2) is 0 Å². The van der Waals surface area contributed by atoms with Crippen LogP contribution in [0.15, 0.2) is 54.6 Å². The molecule has 0 aliphatic heterocycles. The van der Waals surface area contributed by atoms with Gasteiger partial charge >= 0.3 is 0 Å². The third-order valence-corrected chi connectivity index (χ3v) is 3.11. The van der Waals surface area contributed by atoms with Gasteiger partial charge in [-0.3, -0.25) is 4.79 Å². The van der Waals surface area contributed by atoms with E-state index in [-0.39, 0.29) is 18.6 Å². The molecule has 0 aliphatic carbocycles. The Balaban J connectivity index is 1.80. The Hall–Kier alpha value is -2.53. The molecule has 1 atom stereocenters. The lowest BCUT2D eigenvalue weighted by Gasteiger charge is -2.13. The van der Waals surface area contributed by atoms with E-state index in [4.69, 9.17) is 9.47 Å². The molecule has 0 fully saturated rings. The molecule has 0 aliphatic rings. The van der Waals surface area contributed by atoms with Crippen molar-refractivity contribution in [3.8, 4) is 5.75 Å². The van der Waals surface area contributed by atoms with Crippen LogP contribution in [0, 0.1) is 0 Å². The van der Waals surface area contributed by atoms with Gasteiger partial charge in [-0.2, -0.15) is 0 Å². The van der Waals surface area contributed by atoms with Gasteiger partial charge in [-0.1, -0.05) is 18.2 Å². The van der Waals surface area contributed by atoms with Crippen LogP contribution in [0.1, 0.15) is 6.92 Å². The van der Waals surface area contributed by atoms with Crippen LogP contribution < -0.4 is 15.4 Å². The zero-order chi connectivity index (χ0) is 16.5. The number of nitrogens with one attached hydrogen (secondary N) is 2. The number of hydrogen-bond acceptors (Lipinski definition) is 4. The van der Waals surface area contributed by atoms with E-state index in [2.05, 4.69) is 10.6 Å². The summed E-state index contributed by atoms with van der Waals surface area (Å²) in [7, 11) is 1.60. The maximum absolute atomic E-state index is 11.7. The van der Waals surface area contributed by atoms with Crippen LogP contribution in [-0.2, 0) is 9.53 Å². The first kappa shape index (κ1) is 16.8. The lowest BCUT2D eigenvalue weighted by atomic mass is 10.2. The van der Waals surface area contributed by atoms with E-state index in [1.54, 1.807) is 7.11 Å². The SMILES string of the molecule is COCC(C)NC(=O)COc1ccc(Nc2ccccc2)cc1. The third-order valence-electron chi connectivity index (χ3n) is 3.11. The van der Waals surface area contributed by atoms with Crippen LogP contribution in [-0.4, -0.2) is 32.3 Å². The van der Waals surface area contributed by atoms with Gasteiger partial charge < -0.3 is 20.1 Å². The van der Waals surface area contributed by atoms with Gasteiger partial charge in [0, 0.05) is 24.5 Å². The minimum absolute atomic E-state index is 0.0144. The second-order valence-electron chi connectivity index (χ2n) is 5.23. The Morgan fingerprint density at radius 2 is 1.70 bits per heavy atom. The summed E-state index contributed by atoms with van der Waals surface area (Å²) in [5, 5.41) is 6.08. The van der Waals surface area contributed by atoms with Crippen molar-refractivity contribution in [1.29, 1.82) is 0 Å². The van der Waals surface area contributed by atoms with Crippen molar-refractivity contribution in [3.05, 3.63) is 54.6 Å². The smallest absolute Gasteiger partial charge is 0.258 e. The standard InChI is InChI=1S/C18H22N2O3/c1-14(12-22-2)19-18(21)13-23-17-10-8-16(9-11-17)20-15-6-4-3-5-7-15/h3-11,14,20H,12-13H2,1-2H3,(H,19,21). The zero-order valence-electron chi connectivity index (χ0n) is 13.4. The van der Waals surface area contributed by atoms with E-state index in [1.807, 2.05) is 61.5 Å². The normalized spacial score (nSPS) is 11.6. The van der Waals surface area contributed by atoms with Crippen LogP contribution in [0.2, 0.25) is 0 Å². The Morgan fingerprint density at radius 3 is 2.35 bits per heavy atom. The van der Waals surface area contributed by atoms with Crippen molar-refractivity contribution >= 4 is 17.3 Å². The predicted octanol–water partition coefficient (Wildman–Crippen LogP) is 2.96. The lowest BCUT2D eigenvalue weighted by Crippen LogP contribution is -2.38. The van der Waals surface area contributed by atoms with Crippen molar-refractivity contribution < 1.29 is 14.3 Å². The van der Waals surface area contributed by atoms with Crippen molar-refractivity contribution in [2.45, 2.75) is 13.0 Å². The molecule has 122 valence electrons. The minimum Gasteiger partial charge on any atom is -0.484 e. The summed E-state index contributed by atoms with van der Waals surface area (Å²) >= 11 is 0. The highest BCUT2D eigenvalue weighted by Crippen LogP contribution is 2.19. The average Bonchev–Trinajstić information content (AvgIpc) is 2.55. The Bertz CT molecular complexity index is 599. The van der Waals surface area contributed by atoms with E-state index in [1.165, 1.54) is 0 Å². The fourth-order valence-corrected chi connectivity index (χ4v) is 2.08. The fraction of sp³-hybridized carbons (Fsp3) is 0.278. The number of carbonyl (C=O) groups excluding carboxylic acids is 1. The molecule has 0 aromatic heterocycles. The maximum atomic E-state index is 11.7. The highest BCUT2D eigenvalue weighted by atomic mass is 16.5. The number of benzene rings is 2. The van der Waals surface area contributed by atoms with Gasteiger partial charge in [0.25, 0.3) is 5.91 Å². The second-order valence-corrected chi connectivity index (χ2v) is 5.23. The molecule has 0 saturated carbocycles. The molecular weight excluding hydrogens is 292 g/mol. The van der Waals surface area contributed by atoms with E-state index in [0.717, 1.165) is 11.4 Å². The first-order chi connectivity index (χ1) is 11.2. The van der Waals surface area contributed by atoms with Crippen LogP contribution in [0.4, 0.5) is 11.4 Å². The van der Waals surface area contributed by atoms with Crippen LogP contribution >= 0.6 is 0 Å². The Labute approximate surface area is 136 Å². The van der Waals surface area contributed by atoms with Crippen LogP contribution in [0.3, 0.4) is 0 Å². The molecule has 2 N–H and O–H groups in total. The molecule has 0 radical (unpaired) electrons. The number of amides is 1. The molecular formula is C18H22N2O3. The molecule has 0 spiro atoms. The number of carbonyl (C=O) groups is 1. The van der Waals surface area contributed by atoms with E-state index < -0.39 is 0 Å². The average molecular weight is 314 g/mol. The summed E-state index contributed by atoms with van der Waals surface area (Å²) in [6, 6.07) is 17.4. The van der Waals surface area contributed by atoms with Crippen molar-refractivity contribution in [3.63, 3.8) is 0 Å². The van der Waals surface area contributed by atoms with Gasteiger partial charge in [-0.15, -0.1) is 0 Å². The molecule has 2 rings (SSSR count). The molecule has 0 heterocycles. The number of rotatable bonds is 8. The molecule has 0 bridgehead atoms. The summed E-state index contributed by atoms with van der Waals surface area (Å²) in [6.45, 7) is 2.34. The largest absolute Gasteiger partial charge is 0.484 e. The molecule has 0 saturated heterocycles. The number of methoxy groups -OCH3 is 1. The molecule has 23 heavy (non-hydrogen) atoms. The van der Waals surface area contributed by atoms with E-state index in [9.17, 15) is 4.79 Å². The Morgan fingerprint density at radius 1 is 1.04 bits per heavy atom. The van der Waals surface area contributed by atoms with Crippen molar-refractivity contribution in [1.82, 2.24) is 5.32 Å². The number of ether oxygens (including phenoxy) is 2.